The highest BCUT2D eigenvalue weighted by molar-refractivity contribution is 6.01. The van der Waals surface area contributed by atoms with Crippen LogP contribution in [0.4, 0.5) is 0 Å². The van der Waals surface area contributed by atoms with E-state index in [4.69, 9.17) is 9.97 Å². The molecule has 8 rings (SSSR count). The van der Waals surface area contributed by atoms with Crippen LogP contribution in [0, 0.1) is 0 Å². The summed E-state index contributed by atoms with van der Waals surface area (Å²) in [5.74, 6) is 0.445. The maximum absolute atomic E-state index is 5.30. The first-order valence-electron chi connectivity index (χ1n) is 18.2. The fraction of sp³-hybridized carbons (Fsp3) is 0.319. The Morgan fingerprint density at radius 3 is 1.78 bits per heavy atom. The standard InChI is InChI=1S/C47H48N2/c1-9-10-36-27-48-44-40(30-12-16-42-39-18-14-34(46(3,4)5)24-31(39)21-28(2)43(42)26-30)19-20-41(45(44)49-36)29-11-15-37-32(22-29)23-33-25-35(47(6,7)8)13-17-38(33)37/h11-20,22,24-28H,9-10,21,23H2,1-8H3. The van der Waals surface area contributed by atoms with Crippen LogP contribution in [0.25, 0.3) is 55.5 Å². The van der Waals surface area contributed by atoms with E-state index in [0.717, 1.165) is 53.5 Å². The Morgan fingerprint density at radius 2 is 1.12 bits per heavy atom. The Kier molecular flexibility index (Phi) is 7.45. The Balaban J connectivity index is 1.21. The number of fused-ring (bicyclic) bond motifs is 7. The summed E-state index contributed by atoms with van der Waals surface area (Å²) in [4.78, 5) is 10.4. The normalized spacial score (nSPS) is 15.1. The second-order valence-electron chi connectivity index (χ2n) is 16.7. The summed E-state index contributed by atoms with van der Waals surface area (Å²) in [7, 11) is 0. The molecule has 0 aliphatic heterocycles. The van der Waals surface area contributed by atoms with Crippen molar-refractivity contribution in [3.05, 3.63) is 130 Å². The van der Waals surface area contributed by atoms with Gasteiger partial charge in [-0.05, 0) is 103 Å². The summed E-state index contributed by atoms with van der Waals surface area (Å²) < 4.78 is 0. The molecule has 2 aliphatic rings. The summed E-state index contributed by atoms with van der Waals surface area (Å²) in [5, 5.41) is 0. The molecule has 1 heterocycles. The summed E-state index contributed by atoms with van der Waals surface area (Å²) in [6.07, 6.45) is 6.00. The molecule has 1 unspecified atom stereocenters. The molecule has 0 N–H and O–H groups in total. The lowest BCUT2D eigenvalue weighted by atomic mass is 9.76. The number of rotatable bonds is 4. The molecule has 0 fully saturated rings. The zero-order valence-electron chi connectivity index (χ0n) is 30.5. The van der Waals surface area contributed by atoms with E-state index >= 15 is 0 Å². The summed E-state index contributed by atoms with van der Waals surface area (Å²) in [6, 6.07) is 32.8. The smallest absolute Gasteiger partial charge is 0.0974 e. The molecule has 2 heteroatoms. The van der Waals surface area contributed by atoms with Gasteiger partial charge in [0.25, 0.3) is 0 Å². The van der Waals surface area contributed by atoms with Crippen LogP contribution < -0.4 is 0 Å². The van der Waals surface area contributed by atoms with E-state index in [2.05, 4.69) is 140 Å². The minimum Gasteiger partial charge on any atom is -0.252 e. The first kappa shape index (κ1) is 31.7. The van der Waals surface area contributed by atoms with Gasteiger partial charge in [-0.3, -0.25) is 4.98 Å². The van der Waals surface area contributed by atoms with Crippen molar-refractivity contribution >= 4 is 11.0 Å². The minimum absolute atomic E-state index is 0.140. The molecule has 6 aromatic rings. The predicted molar refractivity (Wildman–Crippen MR) is 208 cm³/mol. The first-order valence-corrected chi connectivity index (χ1v) is 18.2. The number of nitrogens with zero attached hydrogens (tertiary/aromatic N) is 2. The summed E-state index contributed by atoms with van der Waals surface area (Å²) in [6.45, 7) is 18.4. The lowest BCUT2D eigenvalue weighted by Gasteiger charge is -2.28. The van der Waals surface area contributed by atoms with Gasteiger partial charge in [0.15, 0.2) is 0 Å². The maximum Gasteiger partial charge on any atom is 0.0974 e. The molecule has 0 radical (unpaired) electrons. The van der Waals surface area contributed by atoms with Crippen molar-refractivity contribution in [2.24, 2.45) is 0 Å². The minimum atomic E-state index is 0.140. The van der Waals surface area contributed by atoms with Gasteiger partial charge in [0.05, 0.1) is 16.7 Å². The quantitative estimate of drug-likeness (QED) is 0.191. The lowest BCUT2D eigenvalue weighted by molar-refractivity contribution is 0.588. The van der Waals surface area contributed by atoms with Gasteiger partial charge in [-0.1, -0.05) is 147 Å². The second kappa shape index (κ2) is 11.5. The van der Waals surface area contributed by atoms with Crippen LogP contribution in [-0.2, 0) is 30.1 Å². The highest BCUT2D eigenvalue weighted by Gasteiger charge is 2.26. The Labute approximate surface area is 292 Å². The molecule has 0 amide bonds. The molecule has 1 atom stereocenters. The molecule has 246 valence electrons. The molecule has 0 saturated heterocycles. The molecule has 2 aliphatic carbocycles. The van der Waals surface area contributed by atoms with Crippen LogP contribution in [0.15, 0.2) is 91.1 Å². The van der Waals surface area contributed by atoms with Gasteiger partial charge in [0.1, 0.15) is 0 Å². The van der Waals surface area contributed by atoms with Crippen molar-refractivity contribution < 1.29 is 0 Å². The van der Waals surface area contributed by atoms with E-state index in [1.165, 1.54) is 66.8 Å². The van der Waals surface area contributed by atoms with Crippen LogP contribution in [0.3, 0.4) is 0 Å². The molecule has 0 saturated carbocycles. The van der Waals surface area contributed by atoms with Gasteiger partial charge in [-0.2, -0.15) is 0 Å². The van der Waals surface area contributed by atoms with Crippen molar-refractivity contribution in [1.29, 1.82) is 0 Å². The third-order valence-corrected chi connectivity index (χ3v) is 11.0. The number of hydrogen-bond acceptors (Lipinski definition) is 2. The summed E-state index contributed by atoms with van der Waals surface area (Å²) in [5.41, 5.74) is 22.1. The van der Waals surface area contributed by atoms with E-state index < -0.39 is 0 Å². The SMILES string of the molecule is CCCc1cnc2c(-c3ccc4c(c3)C(C)Cc3cc(C(C)(C)C)ccc3-4)ccc(-c3ccc4c(c3)Cc3cc(C(C)(C)C)ccc3-4)c2n1. The lowest BCUT2D eigenvalue weighted by Crippen LogP contribution is -2.14. The van der Waals surface area contributed by atoms with Crippen molar-refractivity contribution in [2.45, 2.75) is 97.8 Å². The third-order valence-electron chi connectivity index (χ3n) is 11.0. The predicted octanol–water partition coefficient (Wildman–Crippen LogP) is 12.4. The van der Waals surface area contributed by atoms with Crippen molar-refractivity contribution in [3.8, 4) is 44.5 Å². The van der Waals surface area contributed by atoms with Crippen LogP contribution in [0.5, 0.6) is 0 Å². The molecular weight excluding hydrogens is 593 g/mol. The zero-order chi connectivity index (χ0) is 34.2. The Bertz CT molecular complexity index is 2270. The van der Waals surface area contributed by atoms with Crippen LogP contribution in [0.2, 0.25) is 0 Å². The van der Waals surface area contributed by atoms with E-state index in [9.17, 15) is 0 Å². The van der Waals surface area contributed by atoms with E-state index in [0.29, 0.717) is 5.92 Å². The van der Waals surface area contributed by atoms with Gasteiger partial charge >= 0.3 is 0 Å². The highest BCUT2D eigenvalue weighted by Crippen LogP contribution is 2.45. The van der Waals surface area contributed by atoms with Crippen molar-refractivity contribution in [1.82, 2.24) is 9.97 Å². The fourth-order valence-electron chi connectivity index (χ4n) is 8.14. The number of aryl methyl sites for hydroxylation is 1. The van der Waals surface area contributed by atoms with Crippen molar-refractivity contribution in [2.75, 3.05) is 0 Å². The average Bonchev–Trinajstić information content (AvgIpc) is 3.44. The van der Waals surface area contributed by atoms with E-state index in [1.807, 2.05) is 6.20 Å². The highest BCUT2D eigenvalue weighted by atomic mass is 14.8. The molecule has 2 nitrogen and oxygen atoms in total. The largest absolute Gasteiger partial charge is 0.252 e. The molecule has 0 bridgehead atoms. The van der Waals surface area contributed by atoms with Crippen LogP contribution in [-0.4, -0.2) is 9.97 Å². The molecule has 0 spiro atoms. The van der Waals surface area contributed by atoms with Crippen LogP contribution in [0.1, 0.15) is 107 Å². The van der Waals surface area contributed by atoms with E-state index in [1.54, 1.807) is 0 Å². The van der Waals surface area contributed by atoms with Crippen molar-refractivity contribution in [3.63, 3.8) is 0 Å². The Morgan fingerprint density at radius 1 is 0.592 bits per heavy atom. The van der Waals surface area contributed by atoms with Gasteiger partial charge < -0.3 is 0 Å². The van der Waals surface area contributed by atoms with Gasteiger partial charge in [0, 0.05) is 17.3 Å². The van der Waals surface area contributed by atoms with Gasteiger partial charge in [-0.15, -0.1) is 0 Å². The van der Waals surface area contributed by atoms with E-state index in [-0.39, 0.29) is 10.8 Å². The first-order chi connectivity index (χ1) is 23.4. The number of benzene rings is 5. The number of aromatic nitrogens is 2. The number of hydrogen-bond donors (Lipinski definition) is 0. The van der Waals surface area contributed by atoms with Gasteiger partial charge in [0.2, 0.25) is 0 Å². The van der Waals surface area contributed by atoms with Crippen LogP contribution >= 0.6 is 0 Å². The topological polar surface area (TPSA) is 25.8 Å². The molecule has 49 heavy (non-hydrogen) atoms. The second-order valence-corrected chi connectivity index (χ2v) is 16.7. The van der Waals surface area contributed by atoms with Gasteiger partial charge in [-0.25, -0.2) is 4.98 Å². The maximum atomic E-state index is 5.30. The monoisotopic (exact) mass is 640 g/mol. The zero-order valence-corrected chi connectivity index (χ0v) is 30.5. The average molecular weight is 641 g/mol. The third kappa shape index (κ3) is 5.50. The summed E-state index contributed by atoms with van der Waals surface area (Å²) >= 11 is 0. The Hall–Kier alpha value is -4.56. The molecule has 5 aromatic carbocycles. The molecular formula is C47H48N2. The molecule has 1 aromatic heterocycles. The fourth-order valence-corrected chi connectivity index (χ4v) is 8.14.